The van der Waals surface area contributed by atoms with Gasteiger partial charge in [-0.15, -0.1) is 0 Å². The lowest BCUT2D eigenvalue weighted by atomic mass is 9.93. The molecule has 3 atom stereocenters. The first-order valence-electron chi connectivity index (χ1n) is 15.6. The summed E-state index contributed by atoms with van der Waals surface area (Å²) in [6, 6.07) is 19.1. The number of aliphatic hydroxyl groups excluding tert-OH is 1. The zero-order valence-electron chi connectivity index (χ0n) is 25.7. The second-order valence-corrected chi connectivity index (χ2v) is 11.8. The summed E-state index contributed by atoms with van der Waals surface area (Å²) in [5.41, 5.74) is 2.16. The molecule has 0 saturated carbocycles. The number of ether oxygens (including phenoxy) is 1. The number of benzene rings is 2. The quantitative estimate of drug-likeness (QED) is 0.110. The van der Waals surface area contributed by atoms with Gasteiger partial charge in [0.05, 0.1) is 24.4 Å². The number of alkyl carbamates (subject to hydrolysis) is 1. The van der Waals surface area contributed by atoms with Crippen LogP contribution in [0.15, 0.2) is 66.9 Å². The number of rotatable bonds is 16. The van der Waals surface area contributed by atoms with Crippen LogP contribution in [0.2, 0.25) is 0 Å². The maximum Gasteiger partial charge on any atom is 0.408 e. The van der Waals surface area contributed by atoms with Crippen molar-refractivity contribution in [1.29, 1.82) is 0 Å². The maximum absolute atomic E-state index is 13.8. The molecule has 2 heterocycles. The summed E-state index contributed by atoms with van der Waals surface area (Å²) in [6.07, 6.45) is 9.18. The Kier molecular flexibility index (Phi) is 11.6. The Morgan fingerprint density at radius 1 is 0.977 bits per heavy atom. The molecule has 0 spiro atoms. The number of aromatic nitrogens is 2. The normalized spacial score (nSPS) is 14.2. The van der Waals surface area contributed by atoms with Crippen LogP contribution in [0, 0.1) is 0 Å². The summed E-state index contributed by atoms with van der Waals surface area (Å²) in [5.74, 6) is -0.413. The van der Waals surface area contributed by atoms with Crippen molar-refractivity contribution >= 4 is 33.8 Å². The van der Waals surface area contributed by atoms with Crippen molar-refractivity contribution in [2.45, 2.75) is 96.2 Å². The number of aliphatic hydroxyl groups is 1. The standard InChI is InChI=1S/C35H46N4O4/c1-4-5-6-7-8-10-15-25(2)43-34(42)39-35(3,33(41)37-28(24-40)20-26-16-11-9-12-17-26)22-27-21-30-29-18-13-14-19-31(29)38-32(30)23-36-27/h9,11-14,16-19,21,23,25,28,38,40H,4-8,10,15,20,22,24H2,1-3H3,(H,37,41)(H,39,42). The lowest BCUT2D eigenvalue weighted by molar-refractivity contribution is -0.128. The van der Waals surface area contributed by atoms with Gasteiger partial charge in [-0.1, -0.05) is 87.6 Å². The van der Waals surface area contributed by atoms with Gasteiger partial charge in [0.15, 0.2) is 0 Å². The molecule has 43 heavy (non-hydrogen) atoms. The number of pyridine rings is 1. The van der Waals surface area contributed by atoms with Crippen molar-refractivity contribution in [3.05, 3.63) is 78.1 Å². The molecule has 8 nitrogen and oxygen atoms in total. The first kappa shape index (κ1) is 32.0. The minimum atomic E-state index is -1.38. The number of aromatic amines is 1. The molecule has 0 radical (unpaired) electrons. The van der Waals surface area contributed by atoms with E-state index in [1.165, 1.54) is 25.7 Å². The number of fused-ring (bicyclic) bond motifs is 3. The fourth-order valence-corrected chi connectivity index (χ4v) is 5.55. The monoisotopic (exact) mass is 586 g/mol. The molecule has 2 aromatic heterocycles. The van der Waals surface area contributed by atoms with Crippen LogP contribution < -0.4 is 10.6 Å². The third-order valence-electron chi connectivity index (χ3n) is 8.01. The summed E-state index contributed by atoms with van der Waals surface area (Å²) in [5, 5.41) is 18.0. The lowest BCUT2D eigenvalue weighted by Crippen LogP contribution is -2.60. The highest BCUT2D eigenvalue weighted by molar-refractivity contribution is 6.07. The number of carbonyl (C=O) groups is 2. The molecule has 230 valence electrons. The Balaban J connectivity index is 1.49. The Morgan fingerprint density at radius 2 is 1.70 bits per heavy atom. The summed E-state index contributed by atoms with van der Waals surface area (Å²) in [4.78, 5) is 35.0. The lowest BCUT2D eigenvalue weighted by Gasteiger charge is -2.31. The van der Waals surface area contributed by atoms with Gasteiger partial charge in [-0.2, -0.15) is 0 Å². The fraction of sp³-hybridized carbons (Fsp3) is 0.457. The summed E-state index contributed by atoms with van der Waals surface area (Å²) >= 11 is 0. The van der Waals surface area contributed by atoms with Gasteiger partial charge in [0.2, 0.25) is 5.91 Å². The van der Waals surface area contributed by atoms with Crippen LogP contribution in [0.4, 0.5) is 4.79 Å². The van der Waals surface area contributed by atoms with Gasteiger partial charge in [0.1, 0.15) is 11.6 Å². The predicted molar refractivity (Wildman–Crippen MR) is 172 cm³/mol. The predicted octanol–water partition coefficient (Wildman–Crippen LogP) is 6.60. The molecule has 8 heteroatoms. The van der Waals surface area contributed by atoms with E-state index in [9.17, 15) is 14.7 Å². The highest BCUT2D eigenvalue weighted by atomic mass is 16.6. The van der Waals surface area contributed by atoms with Crippen molar-refractivity contribution in [1.82, 2.24) is 20.6 Å². The van der Waals surface area contributed by atoms with E-state index in [0.717, 1.165) is 46.6 Å². The molecule has 0 aliphatic heterocycles. The van der Waals surface area contributed by atoms with Gasteiger partial charge in [0, 0.05) is 28.4 Å². The van der Waals surface area contributed by atoms with Crippen molar-refractivity contribution < 1.29 is 19.4 Å². The van der Waals surface area contributed by atoms with Crippen molar-refractivity contribution in [3.63, 3.8) is 0 Å². The number of para-hydroxylation sites is 1. The SMILES string of the molecule is CCCCCCCCC(C)OC(=O)NC(C)(Cc1cc2c(cn1)[nH]c1ccccc12)C(=O)NC(CO)Cc1ccccc1. The highest BCUT2D eigenvalue weighted by Crippen LogP contribution is 2.26. The van der Waals surface area contributed by atoms with E-state index in [4.69, 9.17) is 4.74 Å². The molecule has 0 bridgehead atoms. The van der Waals surface area contributed by atoms with Gasteiger partial charge < -0.3 is 25.5 Å². The van der Waals surface area contributed by atoms with E-state index in [1.807, 2.05) is 67.6 Å². The first-order chi connectivity index (χ1) is 20.8. The Labute approximate surface area is 254 Å². The molecule has 2 amide bonds. The number of nitrogens with zero attached hydrogens (tertiary/aromatic N) is 1. The molecule has 2 aromatic carbocycles. The molecular formula is C35H46N4O4. The Bertz CT molecular complexity index is 1470. The van der Waals surface area contributed by atoms with Crippen LogP contribution in [0.5, 0.6) is 0 Å². The van der Waals surface area contributed by atoms with Gasteiger partial charge in [-0.3, -0.25) is 9.78 Å². The Morgan fingerprint density at radius 3 is 2.47 bits per heavy atom. The van der Waals surface area contributed by atoms with Gasteiger partial charge >= 0.3 is 6.09 Å². The average molecular weight is 587 g/mol. The number of nitrogens with one attached hydrogen (secondary N) is 3. The number of H-pyrrole nitrogens is 1. The minimum absolute atomic E-state index is 0.138. The minimum Gasteiger partial charge on any atom is -0.447 e. The maximum atomic E-state index is 13.8. The van der Waals surface area contributed by atoms with Crippen LogP contribution in [-0.4, -0.2) is 51.4 Å². The highest BCUT2D eigenvalue weighted by Gasteiger charge is 2.38. The molecule has 4 aromatic rings. The third-order valence-corrected chi connectivity index (χ3v) is 8.01. The zero-order chi connectivity index (χ0) is 30.7. The van der Waals surface area contributed by atoms with Gasteiger partial charge in [0.25, 0.3) is 0 Å². The average Bonchev–Trinajstić information content (AvgIpc) is 3.37. The summed E-state index contributed by atoms with van der Waals surface area (Å²) < 4.78 is 5.70. The van der Waals surface area contributed by atoms with Crippen LogP contribution in [0.3, 0.4) is 0 Å². The number of hydrogen-bond donors (Lipinski definition) is 4. The fourth-order valence-electron chi connectivity index (χ4n) is 5.55. The first-order valence-corrected chi connectivity index (χ1v) is 15.6. The molecule has 4 N–H and O–H groups in total. The van der Waals surface area contributed by atoms with E-state index in [-0.39, 0.29) is 19.1 Å². The third kappa shape index (κ3) is 9.04. The topological polar surface area (TPSA) is 116 Å². The van der Waals surface area contributed by atoms with Gasteiger partial charge in [-0.05, 0) is 50.8 Å². The van der Waals surface area contributed by atoms with E-state index in [2.05, 4.69) is 27.5 Å². The zero-order valence-corrected chi connectivity index (χ0v) is 25.7. The van der Waals surface area contributed by atoms with Crippen LogP contribution in [0.1, 0.15) is 77.0 Å². The summed E-state index contributed by atoms with van der Waals surface area (Å²) in [6.45, 7) is 5.53. The number of carbonyl (C=O) groups excluding carboxylic acids is 2. The van der Waals surface area contributed by atoms with Crippen LogP contribution >= 0.6 is 0 Å². The van der Waals surface area contributed by atoms with E-state index < -0.39 is 23.6 Å². The molecule has 0 aliphatic carbocycles. The van der Waals surface area contributed by atoms with Crippen LogP contribution in [-0.2, 0) is 22.4 Å². The molecule has 0 aliphatic rings. The molecule has 3 unspecified atom stereocenters. The Hall–Kier alpha value is -3.91. The largest absolute Gasteiger partial charge is 0.447 e. The second kappa shape index (κ2) is 15.5. The molecule has 0 fully saturated rings. The second-order valence-electron chi connectivity index (χ2n) is 11.8. The number of hydrogen-bond acceptors (Lipinski definition) is 5. The molecule has 0 saturated heterocycles. The smallest absolute Gasteiger partial charge is 0.408 e. The molecular weight excluding hydrogens is 540 g/mol. The van der Waals surface area contributed by atoms with E-state index >= 15 is 0 Å². The summed E-state index contributed by atoms with van der Waals surface area (Å²) in [7, 11) is 0. The van der Waals surface area contributed by atoms with Crippen molar-refractivity contribution in [2.75, 3.05) is 6.61 Å². The van der Waals surface area contributed by atoms with Crippen LogP contribution in [0.25, 0.3) is 21.8 Å². The number of unbranched alkanes of at least 4 members (excludes halogenated alkanes) is 5. The van der Waals surface area contributed by atoms with Crippen molar-refractivity contribution in [3.8, 4) is 0 Å². The van der Waals surface area contributed by atoms with E-state index in [0.29, 0.717) is 12.1 Å². The van der Waals surface area contributed by atoms with Crippen molar-refractivity contribution in [2.24, 2.45) is 0 Å². The van der Waals surface area contributed by atoms with Gasteiger partial charge in [-0.25, -0.2) is 4.79 Å². The number of amides is 2. The van der Waals surface area contributed by atoms with E-state index in [1.54, 1.807) is 13.1 Å². The molecule has 4 rings (SSSR count).